The molecule has 0 radical (unpaired) electrons. The van der Waals surface area contributed by atoms with Crippen LogP contribution in [0.4, 0.5) is 13.2 Å². The highest BCUT2D eigenvalue weighted by atomic mass is 19.4. The van der Waals surface area contributed by atoms with E-state index in [4.69, 9.17) is 9.47 Å². The molecule has 166 valence electrons. The molecule has 1 aromatic carbocycles. The second-order valence-electron chi connectivity index (χ2n) is 8.05. The topological polar surface area (TPSA) is 71.6 Å². The molecule has 2 aliphatic rings. The molecular weight excluding hydrogens is 413 g/mol. The van der Waals surface area contributed by atoms with Gasteiger partial charge in [0.05, 0.1) is 24.8 Å². The number of ether oxygens (including phenoxy) is 2. The van der Waals surface area contributed by atoms with Crippen molar-refractivity contribution in [3.05, 3.63) is 51.9 Å². The first-order valence-corrected chi connectivity index (χ1v) is 10.1. The largest absolute Gasteiger partial charge is 0.492 e. The van der Waals surface area contributed by atoms with E-state index in [9.17, 15) is 22.8 Å². The Kier molecular flexibility index (Phi) is 5.90. The summed E-state index contributed by atoms with van der Waals surface area (Å²) in [7, 11) is 2.07. The fraction of sp³-hybridized carbons (Fsp3) is 0.455. The maximum absolute atomic E-state index is 13.4. The second-order valence-corrected chi connectivity index (χ2v) is 8.05. The normalized spacial score (nSPS) is 22.3. The van der Waals surface area contributed by atoms with Gasteiger partial charge in [0, 0.05) is 11.6 Å². The van der Waals surface area contributed by atoms with Gasteiger partial charge in [-0.2, -0.15) is 13.2 Å². The van der Waals surface area contributed by atoms with Crippen LogP contribution in [0.1, 0.15) is 28.9 Å². The summed E-state index contributed by atoms with van der Waals surface area (Å²) >= 11 is 0. The number of likely N-dealkylation sites (N-methyl/N-ethyl adjacent to an activating group) is 1. The second kappa shape index (κ2) is 8.47. The van der Waals surface area contributed by atoms with Crippen molar-refractivity contribution >= 4 is 6.29 Å². The molecule has 1 saturated carbocycles. The quantitative estimate of drug-likeness (QED) is 0.704. The minimum Gasteiger partial charge on any atom is -0.492 e. The van der Waals surface area contributed by atoms with Crippen LogP contribution in [0.2, 0.25) is 0 Å². The lowest BCUT2D eigenvalue weighted by atomic mass is 10.0. The van der Waals surface area contributed by atoms with E-state index in [2.05, 4.69) is 11.9 Å². The molecule has 1 aliphatic heterocycles. The summed E-state index contributed by atoms with van der Waals surface area (Å²) in [5.74, 6) is 1.20. The highest BCUT2D eigenvalue weighted by Gasteiger charge is 2.39. The van der Waals surface area contributed by atoms with Gasteiger partial charge in [-0.1, -0.05) is 12.1 Å². The Bertz CT molecular complexity index is 999. The van der Waals surface area contributed by atoms with Gasteiger partial charge in [-0.25, -0.2) is 0 Å². The third-order valence-corrected chi connectivity index (χ3v) is 5.95. The van der Waals surface area contributed by atoms with E-state index < -0.39 is 17.4 Å². The number of halogens is 3. The monoisotopic (exact) mass is 436 g/mol. The van der Waals surface area contributed by atoms with Crippen molar-refractivity contribution in [1.29, 1.82) is 0 Å². The predicted octanol–water partition coefficient (Wildman–Crippen LogP) is 3.36. The summed E-state index contributed by atoms with van der Waals surface area (Å²) in [5, 5.41) is 0. The first kappa shape index (κ1) is 21.6. The summed E-state index contributed by atoms with van der Waals surface area (Å²) in [6, 6.07) is 7.55. The molecule has 2 heterocycles. The molecular formula is C22H23F3N2O4. The standard InChI is InChI=1S/C22H23F3N2O4/c1-27-16(10-30-12-19(27)14-2-3-14)11-31-17-6-4-13(5-7-17)18-8-15(9-28)21(29)26-20(18)22(23,24)25/h4-9,14,16,19H,2-3,10-12H2,1H3,(H,26,29)/t16-,19+/m0/s1. The molecule has 1 aromatic heterocycles. The number of H-pyrrole nitrogens is 1. The smallest absolute Gasteiger partial charge is 0.431 e. The maximum atomic E-state index is 13.4. The molecule has 31 heavy (non-hydrogen) atoms. The van der Waals surface area contributed by atoms with E-state index in [1.165, 1.54) is 25.0 Å². The summed E-state index contributed by atoms with van der Waals surface area (Å²) in [6.45, 7) is 1.70. The van der Waals surface area contributed by atoms with Gasteiger partial charge in [0.25, 0.3) is 5.56 Å². The van der Waals surface area contributed by atoms with Gasteiger partial charge in [-0.3, -0.25) is 14.5 Å². The molecule has 6 nitrogen and oxygen atoms in total. The van der Waals surface area contributed by atoms with Crippen LogP contribution in [0.25, 0.3) is 11.1 Å². The average Bonchev–Trinajstić information content (AvgIpc) is 3.58. The molecule has 1 saturated heterocycles. The van der Waals surface area contributed by atoms with Crippen molar-refractivity contribution < 1.29 is 27.4 Å². The van der Waals surface area contributed by atoms with Crippen molar-refractivity contribution in [1.82, 2.24) is 9.88 Å². The van der Waals surface area contributed by atoms with E-state index in [0.717, 1.165) is 12.7 Å². The zero-order valence-electron chi connectivity index (χ0n) is 16.9. The maximum Gasteiger partial charge on any atom is 0.431 e. The lowest BCUT2D eigenvalue weighted by molar-refractivity contribution is -0.140. The molecule has 2 aromatic rings. The first-order valence-electron chi connectivity index (χ1n) is 10.1. The van der Waals surface area contributed by atoms with Crippen LogP contribution in [0.5, 0.6) is 5.75 Å². The number of morpholine rings is 1. The Balaban J connectivity index is 1.50. The number of aromatic amines is 1. The Morgan fingerprint density at radius 1 is 1.23 bits per heavy atom. The van der Waals surface area contributed by atoms with E-state index in [1.807, 2.05) is 0 Å². The zero-order valence-corrected chi connectivity index (χ0v) is 16.9. The molecule has 0 amide bonds. The van der Waals surface area contributed by atoms with Gasteiger partial charge < -0.3 is 14.5 Å². The van der Waals surface area contributed by atoms with Gasteiger partial charge in [-0.05, 0) is 49.6 Å². The van der Waals surface area contributed by atoms with Crippen LogP contribution in [0.15, 0.2) is 35.1 Å². The number of hydrogen-bond donors (Lipinski definition) is 1. The van der Waals surface area contributed by atoms with E-state index in [-0.39, 0.29) is 29.0 Å². The molecule has 9 heteroatoms. The number of rotatable bonds is 6. The number of nitrogens with zero attached hydrogens (tertiary/aromatic N) is 1. The van der Waals surface area contributed by atoms with Crippen molar-refractivity contribution in [3.8, 4) is 16.9 Å². The van der Waals surface area contributed by atoms with E-state index in [1.54, 1.807) is 17.1 Å². The minimum atomic E-state index is -4.77. The van der Waals surface area contributed by atoms with Gasteiger partial charge >= 0.3 is 6.18 Å². The molecule has 1 N–H and O–H groups in total. The van der Waals surface area contributed by atoms with Crippen LogP contribution < -0.4 is 10.3 Å². The number of hydrogen-bond acceptors (Lipinski definition) is 5. The zero-order chi connectivity index (χ0) is 22.2. The molecule has 1 aliphatic carbocycles. The lowest BCUT2D eigenvalue weighted by Crippen LogP contribution is -2.53. The summed E-state index contributed by atoms with van der Waals surface area (Å²) in [5.41, 5.74) is -2.69. The van der Waals surface area contributed by atoms with Crippen molar-refractivity contribution in [2.24, 2.45) is 5.92 Å². The van der Waals surface area contributed by atoms with Gasteiger partial charge in [-0.15, -0.1) is 0 Å². The predicted molar refractivity (Wildman–Crippen MR) is 107 cm³/mol. The van der Waals surface area contributed by atoms with Crippen LogP contribution >= 0.6 is 0 Å². The Labute approximate surface area is 177 Å². The van der Waals surface area contributed by atoms with Crippen molar-refractivity contribution in [3.63, 3.8) is 0 Å². The minimum absolute atomic E-state index is 0.102. The number of pyridine rings is 1. The van der Waals surface area contributed by atoms with Gasteiger partial charge in [0.1, 0.15) is 18.1 Å². The lowest BCUT2D eigenvalue weighted by Gasteiger charge is -2.39. The third kappa shape index (κ3) is 4.67. The summed E-state index contributed by atoms with van der Waals surface area (Å²) in [6.07, 6.45) is -2.08. The SMILES string of the molecule is CN1[C@H](COc2ccc(-c3cc(C=O)c(=O)[nH]c3C(F)(F)F)cc2)COC[C@@H]1C1CC1. The van der Waals surface area contributed by atoms with Crippen molar-refractivity contribution in [2.75, 3.05) is 26.9 Å². The number of nitrogens with one attached hydrogen (secondary N) is 1. The first-order chi connectivity index (χ1) is 14.8. The van der Waals surface area contributed by atoms with Gasteiger partial charge in [0.2, 0.25) is 0 Å². The molecule has 2 atom stereocenters. The molecule has 0 spiro atoms. The van der Waals surface area contributed by atoms with E-state index in [0.29, 0.717) is 30.9 Å². The van der Waals surface area contributed by atoms with Crippen LogP contribution in [-0.4, -0.2) is 55.1 Å². The molecule has 2 fully saturated rings. The van der Waals surface area contributed by atoms with Crippen LogP contribution in [0.3, 0.4) is 0 Å². The summed E-state index contributed by atoms with van der Waals surface area (Å²) < 4.78 is 51.7. The Morgan fingerprint density at radius 2 is 1.94 bits per heavy atom. The molecule has 0 bridgehead atoms. The molecule has 4 rings (SSSR count). The Morgan fingerprint density at radius 3 is 2.55 bits per heavy atom. The highest BCUT2D eigenvalue weighted by Crippen LogP contribution is 2.37. The fourth-order valence-corrected chi connectivity index (χ4v) is 3.95. The highest BCUT2D eigenvalue weighted by molar-refractivity contribution is 5.79. The van der Waals surface area contributed by atoms with Crippen LogP contribution in [0, 0.1) is 5.92 Å². The average molecular weight is 436 g/mol. The third-order valence-electron chi connectivity index (χ3n) is 5.95. The Hall–Kier alpha value is -2.65. The van der Waals surface area contributed by atoms with E-state index >= 15 is 0 Å². The number of carbonyl (C=O) groups excluding carboxylic acids is 1. The molecule has 0 unspecified atom stereocenters. The summed E-state index contributed by atoms with van der Waals surface area (Å²) in [4.78, 5) is 26.8. The number of benzene rings is 1. The number of alkyl halides is 3. The van der Waals surface area contributed by atoms with Crippen LogP contribution in [-0.2, 0) is 10.9 Å². The number of carbonyl (C=O) groups is 1. The van der Waals surface area contributed by atoms with Crippen molar-refractivity contribution in [2.45, 2.75) is 31.1 Å². The van der Waals surface area contributed by atoms with Gasteiger partial charge in [0.15, 0.2) is 6.29 Å². The number of aldehydes is 1. The number of aromatic nitrogens is 1. The fourth-order valence-electron chi connectivity index (χ4n) is 3.95.